The zero-order chi connectivity index (χ0) is 16.9. The van der Waals surface area contributed by atoms with Crippen LogP contribution in [0.4, 0.5) is 8.78 Å². The average molecular weight is 333 g/mol. The molecular weight excluding hydrogens is 316 g/mol. The zero-order valence-electron chi connectivity index (χ0n) is 12.9. The van der Waals surface area contributed by atoms with Crippen LogP contribution in [0.25, 0.3) is 0 Å². The molecule has 1 aromatic heterocycles. The quantitative estimate of drug-likeness (QED) is 0.883. The van der Waals surface area contributed by atoms with Crippen LogP contribution in [0, 0.1) is 11.6 Å². The Bertz CT molecular complexity index is 734. The molecule has 1 aliphatic rings. The van der Waals surface area contributed by atoms with Gasteiger partial charge in [0.2, 0.25) is 11.8 Å². The minimum absolute atomic E-state index is 0.0740. The van der Waals surface area contributed by atoms with Gasteiger partial charge in [-0.25, -0.2) is 13.8 Å². The normalized spacial score (nSPS) is 16.8. The monoisotopic (exact) mass is 333 g/mol. The van der Waals surface area contributed by atoms with E-state index in [9.17, 15) is 13.6 Å². The molecule has 24 heavy (non-hydrogen) atoms. The Morgan fingerprint density at radius 1 is 1.33 bits per heavy atom. The Morgan fingerprint density at radius 2 is 2.21 bits per heavy atom. The molecule has 1 amide bonds. The van der Waals surface area contributed by atoms with Gasteiger partial charge in [-0.05, 0) is 37.6 Å². The molecule has 1 aliphatic heterocycles. The minimum Gasteiger partial charge on any atom is -0.439 e. The lowest BCUT2D eigenvalue weighted by atomic mass is 10.2. The van der Waals surface area contributed by atoms with Gasteiger partial charge in [-0.3, -0.25) is 4.79 Å². The fourth-order valence-corrected chi connectivity index (χ4v) is 2.52. The van der Waals surface area contributed by atoms with Gasteiger partial charge in [0, 0.05) is 24.4 Å². The molecule has 0 spiro atoms. The molecule has 0 radical (unpaired) electrons. The number of nitrogens with one attached hydrogen (secondary N) is 2. The number of benzene rings is 1. The molecule has 2 aromatic rings. The molecule has 3 rings (SSSR count). The smallest absolute Gasteiger partial charge is 0.237 e. The van der Waals surface area contributed by atoms with E-state index in [0.717, 1.165) is 31.5 Å². The second-order valence-electron chi connectivity index (χ2n) is 5.51. The first-order valence-electron chi connectivity index (χ1n) is 7.71. The van der Waals surface area contributed by atoms with E-state index in [1.165, 1.54) is 12.3 Å². The van der Waals surface area contributed by atoms with Gasteiger partial charge in [-0.15, -0.1) is 0 Å². The number of hydrogen-bond acceptors (Lipinski definition) is 4. The average Bonchev–Trinajstić information content (AvgIpc) is 3.12. The van der Waals surface area contributed by atoms with E-state index in [1.54, 1.807) is 12.1 Å². The third-order valence-electron chi connectivity index (χ3n) is 3.79. The maximum absolute atomic E-state index is 13.3. The Labute approximate surface area is 138 Å². The van der Waals surface area contributed by atoms with Crippen LogP contribution < -0.4 is 15.4 Å². The van der Waals surface area contributed by atoms with Crippen LogP contribution in [-0.4, -0.2) is 23.5 Å². The molecule has 0 unspecified atom stereocenters. The van der Waals surface area contributed by atoms with Crippen molar-refractivity contribution in [3.05, 3.63) is 53.7 Å². The van der Waals surface area contributed by atoms with E-state index in [4.69, 9.17) is 4.74 Å². The van der Waals surface area contributed by atoms with Crippen molar-refractivity contribution in [1.82, 2.24) is 15.6 Å². The third-order valence-corrected chi connectivity index (χ3v) is 3.79. The maximum atomic E-state index is 13.3. The highest BCUT2D eigenvalue weighted by molar-refractivity contribution is 5.82. The molecule has 126 valence electrons. The number of halogens is 2. The lowest BCUT2D eigenvalue weighted by Gasteiger charge is -2.13. The molecule has 1 fully saturated rings. The summed E-state index contributed by atoms with van der Waals surface area (Å²) in [6.07, 6.45) is 3.33. The van der Waals surface area contributed by atoms with Gasteiger partial charge in [0.05, 0.1) is 6.04 Å². The fraction of sp³-hybridized carbons (Fsp3) is 0.294. The Balaban J connectivity index is 1.68. The summed E-state index contributed by atoms with van der Waals surface area (Å²) in [5.41, 5.74) is 0.647. The SMILES string of the molecule is O=C(NCc1cccnc1Oc1ccc(F)c(F)c1)[C@H]1CCCN1. The number of nitrogens with zero attached hydrogens (tertiary/aromatic N) is 1. The summed E-state index contributed by atoms with van der Waals surface area (Å²) in [5.74, 6) is -1.64. The highest BCUT2D eigenvalue weighted by atomic mass is 19.2. The Morgan fingerprint density at radius 3 is 2.96 bits per heavy atom. The van der Waals surface area contributed by atoms with Gasteiger partial charge < -0.3 is 15.4 Å². The van der Waals surface area contributed by atoms with Gasteiger partial charge >= 0.3 is 0 Å². The van der Waals surface area contributed by atoms with Crippen LogP contribution in [0.2, 0.25) is 0 Å². The molecule has 2 N–H and O–H groups in total. The van der Waals surface area contributed by atoms with E-state index in [1.807, 2.05) is 0 Å². The molecular formula is C17H17F2N3O2. The predicted octanol–water partition coefficient (Wildman–Crippen LogP) is 2.52. The first-order chi connectivity index (χ1) is 11.6. The number of amides is 1. The minimum atomic E-state index is -0.995. The number of ether oxygens (including phenoxy) is 1. The van der Waals surface area contributed by atoms with Crippen LogP contribution in [0.15, 0.2) is 36.5 Å². The molecule has 1 saturated heterocycles. The molecule has 2 heterocycles. The number of rotatable bonds is 5. The summed E-state index contributed by atoms with van der Waals surface area (Å²) in [5, 5.41) is 5.95. The molecule has 5 nitrogen and oxygen atoms in total. The first-order valence-corrected chi connectivity index (χ1v) is 7.71. The largest absolute Gasteiger partial charge is 0.439 e. The number of carbonyl (C=O) groups is 1. The molecule has 1 aromatic carbocycles. The van der Waals surface area contributed by atoms with Crippen LogP contribution in [0.1, 0.15) is 18.4 Å². The lowest BCUT2D eigenvalue weighted by Crippen LogP contribution is -2.40. The molecule has 0 saturated carbocycles. The van der Waals surface area contributed by atoms with Gasteiger partial charge in [0.25, 0.3) is 0 Å². The number of carbonyl (C=O) groups excluding carboxylic acids is 1. The molecule has 0 bridgehead atoms. The van der Waals surface area contributed by atoms with Crippen molar-refractivity contribution in [2.24, 2.45) is 0 Å². The van der Waals surface area contributed by atoms with Gasteiger partial charge in [0.15, 0.2) is 11.6 Å². The molecule has 0 aliphatic carbocycles. The summed E-state index contributed by atoms with van der Waals surface area (Å²) in [6.45, 7) is 1.08. The zero-order valence-corrected chi connectivity index (χ0v) is 12.9. The van der Waals surface area contributed by atoms with Gasteiger partial charge in [-0.1, -0.05) is 6.07 Å². The van der Waals surface area contributed by atoms with Crippen LogP contribution in [0.3, 0.4) is 0 Å². The molecule has 7 heteroatoms. The van der Waals surface area contributed by atoms with Crippen molar-refractivity contribution >= 4 is 5.91 Å². The summed E-state index contributed by atoms with van der Waals surface area (Å²) in [7, 11) is 0. The van der Waals surface area contributed by atoms with E-state index >= 15 is 0 Å². The number of aromatic nitrogens is 1. The van der Waals surface area contributed by atoms with Crippen molar-refractivity contribution in [2.45, 2.75) is 25.4 Å². The van der Waals surface area contributed by atoms with Gasteiger partial charge in [0.1, 0.15) is 5.75 Å². The molecule has 1 atom stereocenters. The van der Waals surface area contributed by atoms with E-state index in [-0.39, 0.29) is 30.1 Å². The van der Waals surface area contributed by atoms with Crippen LogP contribution >= 0.6 is 0 Å². The highest BCUT2D eigenvalue weighted by Crippen LogP contribution is 2.24. The Hall–Kier alpha value is -2.54. The summed E-state index contributed by atoms with van der Waals surface area (Å²) >= 11 is 0. The van der Waals surface area contributed by atoms with Crippen LogP contribution in [0.5, 0.6) is 11.6 Å². The topological polar surface area (TPSA) is 63.2 Å². The second kappa shape index (κ2) is 7.35. The van der Waals surface area contributed by atoms with E-state index in [2.05, 4.69) is 15.6 Å². The third kappa shape index (κ3) is 3.86. The first kappa shape index (κ1) is 16.3. The number of pyridine rings is 1. The van der Waals surface area contributed by atoms with Crippen molar-refractivity contribution in [1.29, 1.82) is 0 Å². The summed E-state index contributed by atoms with van der Waals surface area (Å²) < 4.78 is 31.8. The van der Waals surface area contributed by atoms with Crippen molar-refractivity contribution in [3.8, 4) is 11.6 Å². The van der Waals surface area contributed by atoms with Crippen molar-refractivity contribution < 1.29 is 18.3 Å². The second-order valence-corrected chi connectivity index (χ2v) is 5.51. The van der Waals surface area contributed by atoms with Crippen LogP contribution in [-0.2, 0) is 11.3 Å². The lowest BCUT2D eigenvalue weighted by molar-refractivity contribution is -0.122. The van der Waals surface area contributed by atoms with Crippen molar-refractivity contribution in [3.63, 3.8) is 0 Å². The maximum Gasteiger partial charge on any atom is 0.237 e. The standard InChI is InChI=1S/C17H17F2N3O2/c18-13-6-5-12(9-14(13)19)24-17-11(3-1-8-21-17)10-22-16(23)15-4-2-7-20-15/h1,3,5-6,8-9,15,20H,2,4,7,10H2,(H,22,23)/t15-/m1/s1. The van der Waals surface area contributed by atoms with E-state index < -0.39 is 11.6 Å². The predicted molar refractivity (Wildman–Crippen MR) is 83.5 cm³/mol. The summed E-state index contributed by atoms with van der Waals surface area (Å²) in [6, 6.07) is 6.56. The number of hydrogen-bond donors (Lipinski definition) is 2. The Kier molecular flexibility index (Phi) is 5.00. The van der Waals surface area contributed by atoms with Crippen molar-refractivity contribution in [2.75, 3.05) is 6.54 Å². The highest BCUT2D eigenvalue weighted by Gasteiger charge is 2.21. The van der Waals surface area contributed by atoms with E-state index in [0.29, 0.717) is 5.56 Å². The fourth-order valence-electron chi connectivity index (χ4n) is 2.52. The summed E-state index contributed by atoms with van der Waals surface area (Å²) in [4.78, 5) is 16.1. The van der Waals surface area contributed by atoms with Gasteiger partial charge in [-0.2, -0.15) is 0 Å².